The molecule has 0 saturated carbocycles. The van der Waals surface area contributed by atoms with E-state index < -0.39 is 17.6 Å². The Labute approximate surface area is 163 Å². The van der Waals surface area contributed by atoms with Gasteiger partial charge in [0, 0.05) is 22.5 Å². The number of nitrogens with zero attached hydrogens (tertiary/aromatic N) is 1. The minimum absolute atomic E-state index is 0.0274. The molecule has 1 atom stereocenters. The molecule has 2 amide bonds. The highest BCUT2D eigenvalue weighted by atomic mass is 79.9. The van der Waals surface area contributed by atoms with Gasteiger partial charge in [-0.25, -0.2) is 4.39 Å². The summed E-state index contributed by atoms with van der Waals surface area (Å²) in [5, 5.41) is 3.00. The molecule has 2 aromatic carbocycles. The Morgan fingerprint density at radius 3 is 2.81 bits per heavy atom. The van der Waals surface area contributed by atoms with E-state index >= 15 is 0 Å². The number of rotatable bonds is 4. The first-order valence-corrected chi connectivity index (χ1v) is 8.96. The van der Waals surface area contributed by atoms with E-state index in [0.717, 1.165) is 0 Å². The van der Waals surface area contributed by atoms with Crippen LogP contribution in [0.25, 0.3) is 0 Å². The second-order valence-electron chi connectivity index (χ2n) is 5.83. The van der Waals surface area contributed by atoms with Crippen molar-refractivity contribution in [2.75, 3.05) is 23.9 Å². The molecule has 0 bridgehead atoms. The van der Waals surface area contributed by atoms with Gasteiger partial charge in [-0.05, 0) is 36.4 Å². The van der Waals surface area contributed by atoms with Crippen LogP contribution in [-0.4, -0.2) is 25.5 Å². The number of benzene rings is 2. The second-order valence-corrected chi connectivity index (χ2v) is 7.19. The fourth-order valence-electron chi connectivity index (χ4n) is 2.82. The maximum absolute atomic E-state index is 13.9. The molecule has 1 saturated heterocycles. The van der Waals surface area contributed by atoms with E-state index in [1.807, 2.05) is 0 Å². The normalized spacial score (nSPS) is 16.7. The van der Waals surface area contributed by atoms with Crippen LogP contribution in [0.5, 0.6) is 5.75 Å². The van der Waals surface area contributed by atoms with Gasteiger partial charge in [0.1, 0.15) is 11.6 Å². The summed E-state index contributed by atoms with van der Waals surface area (Å²) in [6.07, 6.45) is 0.0274. The maximum Gasteiger partial charge on any atom is 0.229 e. The molecule has 1 N–H and O–H groups in total. The molecule has 0 spiro atoms. The van der Waals surface area contributed by atoms with Gasteiger partial charge in [0.05, 0.1) is 24.4 Å². The minimum Gasteiger partial charge on any atom is -0.495 e. The maximum atomic E-state index is 13.9. The molecule has 1 unspecified atom stereocenters. The zero-order valence-corrected chi connectivity index (χ0v) is 16.1. The molecular formula is C18H15BrClFN2O3. The lowest BCUT2D eigenvalue weighted by Crippen LogP contribution is -2.28. The van der Waals surface area contributed by atoms with Crippen LogP contribution in [0.15, 0.2) is 40.9 Å². The fraction of sp³-hybridized carbons (Fsp3) is 0.222. The third-order valence-corrected chi connectivity index (χ3v) is 4.84. The van der Waals surface area contributed by atoms with Gasteiger partial charge in [-0.1, -0.05) is 27.5 Å². The van der Waals surface area contributed by atoms with Crippen molar-refractivity contribution in [1.82, 2.24) is 0 Å². The Balaban J connectivity index is 1.77. The van der Waals surface area contributed by atoms with Crippen LogP contribution in [0.3, 0.4) is 0 Å². The summed E-state index contributed by atoms with van der Waals surface area (Å²) < 4.78 is 19.8. The van der Waals surface area contributed by atoms with Crippen LogP contribution in [0.4, 0.5) is 15.8 Å². The van der Waals surface area contributed by atoms with E-state index in [1.54, 1.807) is 24.3 Å². The van der Waals surface area contributed by atoms with E-state index in [4.69, 9.17) is 16.3 Å². The van der Waals surface area contributed by atoms with Crippen molar-refractivity contribution >= 4 is 50.7 Å². The third kappa shape index (κ3) is 3.83. The molecular weight excluding hydrogens is 427 g/mol. The van der Waals surface area contributed by atoms with Gasteiger partial charge in [0.2, 0.25) is 11.8 Å². The van der Waals surface area contributed by atoms with Crippen molar-refractivity contribution in [3.8, 4) is 5.75 Å². The first kappa shape index (κ1) is 18.7. The molecule has 5 nitrogen and oxygen atoms in total. The fourth-order valence-corrected chi connectivity index (χ4v) is 3.32. The number of hydrogen-bond donors (Lipinski definition) is 1. The molecule has 136 valence electrons. The van der Waals surface area contributed by atoms with Crippen LogP contribution in [0.1, 0.15) is 6.42 Å². The summed E-state index contributed by atoms with van der Waals surface area (Å²) in [6.45, 7) is 0.166. The van der Waals surface area contributed by atoms with Gasteiger partial charge in [0.15, 0.2) is 0 Å². The Morgan fingerprint density at radius 1 is 1.35 bits per heavy atom. The van der Waals surface area contributed by atoms with Gasteiger partial charge in [-0.3, -0.25) is 9.59 Å². The number of hydrogen-bond acceptors (Lipinski definition) is 3. The van der Waals surface area contributed by atoms with Crippen molar-refractivity contribution in [2.45, 2.75) is 6.42 Å². The predicted octanol–water partition coefficient (Wildman–Crippen LogP) is 4.24. The molecule has 8 heteroatoms. The molecule has 2 aromatic rings. The summed E-state index contributed by atoms with van der Waals surface area (Å²) >= 11 is 9.18. The van der Waals surface area contributed by atoms with Crippen LogP contribution in [0, 0.1) is 11.7 Å². The number of anilines is 2. The number of carbonyl (C=O) groups is 2. The smallest absolute Gasteiger partial charge is 0.229 e. The summed E-state index contributed by atoms with van der Waals surface area (Å²) in [7, 11) is 1.49. The van der Waals surface area contributed by atoms with Gasteiger partial charge >= 0.3 is 0 Å². The van der Waals surface area contributed by atoms with E-state index in [9.17, 15) is 14.0 Å². The van der Waals surface area contributed by atoms with Crippen molar-refractivity contribution < 1.29 is 18.7 Å². The summed E-state index contributed by atoms with van der Waals surface area (Å²) in [5.41, 5.74) is 0.583. The number of ether oxygens (including phenoxy) is 1. The molecule has 1 fully saturated rings. The van der Waals surface area contributed by atoms with Crippen molar-refractivity contribution in [1.29, 1.82) is 0 Å². The van der Waals surface area contributed by atoms with E-state index in [1.165, 1.54) is 24.1 Å². The SMILES string of the molecule is COc1ccc(Cl)cc1N1CC(C(=O)Nc2ccc(Br)cc2F)CC1=O. The zero-order valence-electron chi connectivity index (χ0n) is 13.8. The quantitative estimate of drug-likeness (QED) is 0.772. The lowest BCUT2D eigenvalue weighted by Gasteiger charge is -2.20. The summed E-state index contributed by atoms with van der Waals surface area (Å²) in [5.74, 6) is -1.30. The summed E-state index contributed by atoms with van der Waals surface area (Å²) in [4.78, 5) is 26.3. The van der Waals surface area contributed by atoms with Crippen molar-refractivity contribution in [3.05, 3.63) is 51.7 Å². The highest BCUT2D eigenvalue weighted by molar-refractivity contribution is 9.10. The lowest BCUT2D eigenvalue weighted by atomic mass is 10.1. The van der Waals surface area contributed by atoms with Crippen LogP contribution >= 0.6 is 27.5 Å². The Kier molecular flexibility index (Phi) is 5.48. The first-order valence-electron chi connectivity index (χ1n) is 7.79. The van der Waals surface area contributed by atoms with Crippen LogP contribution < -0.4 is 15.0 Å². The van der Waals surface area contributed by atoms with E-state index in [2.05, 4.69) is 21.2 Å². The molecule has 26 heavy (non-hydrogen) atoms. The minimum atomic E-state index is -0.603. The van der Waals surface area contributed by atoms with Gasteiger partial charge < -0.3 is 15.0 Å². The molecule has 0 aliphatic carbocycles. The Bertz CT molecular complexity index is 878. The molecule has 0 radical (unpaired) electrons. The Hall–Kier alpha value is -2.12. The predicted molar refractivity (Wildman–Crippen MR) is 101 cm³/mol. The summed E-state index contributed by atoms with van der Waals surface area (Å²) in [6, 6.07) is 9.29. The number of nitrogens with one attached hydrogen (secondary N) is 1. The molecule has 0 aromatic heterocycles. The number of halogens is 3. The molecule has 1 aliphatic rings. The van der Waals surface area contributed by atoms with Crippen molar-refractivity contribution in [2.24, 2.45) is 5.92 Å². The topological polar surface area (TPSA) is 58.6 Å². The Morgan fingerprint density at radius 2 is 2.12 bits per heavy atom. The highest BCUT2D eigenvalue weighted by Crippen LogP contribution is 2.35. The average molecular weight is 442 g/mol. The monoisotopic (exact) mass is 440 g/mol. The first-order chi connectivity index (χ1) is 12.4. The standard InChI is InChI=1S/C18H15BrClFN2O3/c1-26-16-5-3-12(20)8-15(16)23-9-10(6-17(23)24)18(25)22-14-4-2-11(19)7-13(14)21/h2-5,7-8,10H,6,9H2,1H3,(H,22,25). The van der Waals surface area contributed by atoms with Crippen LogP contribution in [-0.2, 0) is 9.59 Å². The average Bonchev–Trinajstić information content (AvgIpc) is 2.99. The lowest BCUT2D eigenvalue weighted by molar-refractivity contribution is -0.122. The van der Waals surface area contributed by atoms with Gasteiger partial charge in [0.25, 0.3) is 0 Å². The number of methoxy groups -OCH3 is 1. The van der Waals surface area contributed by atoms with Crippen LogP contribution in [0.2, 0.25) is 5.02 Å². The molecule has 3 rings (SSSR count). The van der Waals surface area contributed by atoms with E-state index in [0.29, 0.717) is 20.9 Å². The highest BCUT2D eigenvalue weighted by Gasteiger charge is 2.36. The van der Waals surface area contributed by atoms with Gasteiger partial charge in [-0.2, -0.15) is 0 Å². The van der Waals surface area contributed by atoms with Crippen molar-refractivity contribution in [3.63, 3.8) is 0 Å². The molecule has 1 aliphatic heterocycles. The number of carbonyl (C=O) groups excluding carboxylic acids is 2. The largest absolute Gasteiger partial charge is 0.495 e. The number of amides is 2. The van der Waals surface area contributed by atoms with Gasteiger partial charge in [-0.15, -0.1) is 0 Å². The molecule has 1 heterocycles. The second kappa shape index (κ2) is 7.63. The zero-order chi connectivity index (χ0) is 18.8. The van der Waals surface area contributed by atoms with E-state index in [-0.39, 0.29) is 24.6 Å². The third-order valence-electron chi connectivity index (χ3n) is 4.12.